The minimum atomic E-state index is -0.308. The number of aliphatic imine (C=N–C) groups is 1. The van der Waals surface area contributed by atoms with E-state index in [1.165, 1.54) is 0 Å². The minimum absolute atomic E-state index is 0.276. The van der Waals surface area contributed by atoms with E-state index in [-0.39, 0.29) is 11.1 Å². The van der Waals surface area contributed by atoms with Gasteiger partial charge in [-0.15, -0.1) is 0 Å². The molecule has 1 heterocycles. The summed E-state index contributed by atoms with van der Waals surface area (Å²) < 4.78 is 0. The summed E-state index contributed by atoms with van der Waals surface area (Å²) in [7, 11) is 0. The zero-order valence-electron chi connectivity index (χ0n) is 7.61. The monoisotopic (exact) mass is 238 g/mol. The van der Waals surface area contributed by atoms with Gasteiger partial charge in [0.1, 0.15) is 0 Å². The van der Waals surface area contributed by atoms with Crippen molar-refractivity contribution in [3.63, 3.8) is 0 Å². The predicted molar refractivity (Wildman–Crippen MR) is 63.6 cm³/mol. The van der Waals surface area contributed by atoms with Gasteiger partial charge in [-0.05, 0) is 29.5 Å². The Hall–Kier alpha value is -1.26. The number of amides is 1. The van der Waals surface area contributed by atoms with E-state index in [9.17, 15) is 4.79 Å². The van der Waals surface area contributed by atoms with Gasteiger partial charge in [0, 0.05) is 5.02 Å². The quantitative estimate of drug-likeness (QED) is 0.764. The van der Waals surface area contributed by atoms with E-state index >= 15 is 0 Å². The number of hydrogen-bond acceptors (Lipinski definition) is 3. The molecule has 0 saturated carbocycles. The second kappa shape index (κ2) is 4.08. The van der Waals surface area contributed by atoms with E-state index in [0.29, 0.717) is 9.93 Å². The van der Waals surface area contributed by atoms with Crippen molar-refractivity contribution in [2.45, 2.75) is 0 Å². The number of halogens is 1. The average molecular weight is 239 g/mol. The van der Waals surface area contributed by atoms with Crippen LogP contribution in [0.4, 0.5) is 0 Å². The van der Waals surface area contributed by atoms with Gasteiger partial charge in [-0.25, -0.2) is 0 Å². The molecule has 0 aliphatic carbocycles. The standard InChI is InChI=1S/C10H7ClN2OS/c11-7-4-2-1-3-6(7)5-8-9(14)13-10(12)15-8/h1-5H,(H2,12,13,14)/b8-5-. The first kappa shape index (κ1) is 10.3. The number of benzene rings is 1. The van der Waals surface area contributed by atoms with Crippen molar-refractivity contribution < 1.29 is 4.79 Å². The lowest BCUT2D eigenvalue weighted by Crippen LogP contribution is -2.01. The van der Waals surface area contributed by atoms with Crippen LogP contribution < -0.4 is 5.73 Å². The summed E-state index contributed by atoms with van der Waals surface area (Å²) >= 11 is 7.11. The molecule has 3 nitrogen and oxygen atoms in total. The summed E-state index contributed by atoms with van der Waals surface area (Å²) in [5.74, 6) is -0.308. The largest absolute Gasteiger partial charge is 0.378 e. The van der Waals surface area contributed by atoms with Crippen molar-refractivity contribution in [2.24, 2.45) is 10.7 Å². The molecule has 0 fully saturated rings. The van der Waals surface area contributed by atoms with Gasteiger partial charge in [0.2, 0.25) is 0 Å². The second-order valence-electron chi connectivity index (χ2n) is 2.89. The summed E-state index contributed by atoms with van der Waals surface area (Å²) in [6.45, 7) is 0. The smallest absolute Gasteiger partial charge is 0.286 e. The first-order valence-corrected chi connectivity index (χ1v) is 5.39. The van der Waals surface area contributed by atoms with Crippen molar-refractivity contribution in [1.82, 2.24) is 0 Å². The maximum Gasteiger partial charge on any atom is 0.286 e. The van der Waals surface area contributed by atoms with Crippen molar-refractivity contribution in [1.29, 1.82) is 0 Å². The highest BCUT2D eigenvalue weighted by molar-refractivity contribution is 8.18. The Morgan fingerprint density at radius 2 is 2.13 bits per heavy atom. The van der Waals surface area contributed by atoms with E-state index in [0.717, 1.165) is 17.3 Å². The van der Waals surface area contributed by atoms with E-state index in [2.05, 4.69) is 4.99 Å². The van der Waals surface area contributed by atoms with Gasteiger partial charge < -0.3 is 5.73 Å². The number of carbonyl (C=O) groups excluding carboxylic acids is 1. The fourth-order valence-electron chi connectivity index (χ4n) is 1.16. The van der Waals surface area contributed by atoms with Crippen molar-refractivity contribution in [3.05, 3.63) is 39.8 Å². The first-order valence-electron chi connectivity index (χ1n) is 4.19. The Labute approximate surface area is 96.0 Å². The normalized spacial score (nSPS) is 18.3. The lowest BCUT2D eigenvalue weighted by molar-refractivity contribution is -0.113. The molecule has 2 rings (SSSR count). The zero-order chi connectivity index (χ0) is 10.8. The molecule has 0 radical (unpaired) electrons. The topological polar surface area (TPSA) is 55.4 Å². The average Bonchev–Trinajstić information content (AvgIpc) is 2.49. The SMILES string of the molecule is NC1=NC(=O)/C(=C/c2ccccc2Cl)S1. The van der Waals surface area contributed by atoms with Gasteiger partial charge in [0.25, 0.3) is 5.91 Å². The fraction of sp³-hybridized carbons (Fsp3) is 0. The summed E-state index contributed by atoms with van der Waals surface area (Å²) in [6, 6.07) is 7.28. The molecule has 0 bridgehead atoms. The van der Waals surface area contributed by atoms with Crippen LogP contribution in [-0.4, -0.2) is 11.1 Å². The molecular weight excluding hydrogens is 232 g/mol. The van der Waals surface area contributed by atoms with Crippen LogP contribution in [-0.2, 0) is 4.79 Å². The maximum absolute atomic E-state index is 11.3. The van der Waals surface area contributed by atoms with Crippen LogP contribution in [0, 0.1) is 0 Å². The Morgan fingerprint density at radius 3 is 2.73 bits per heavy atom. The Balaban J connectivity index is 2.33. The van der Waals surface area contributed by atoms with Gasteiger partial charge in [0.15, 0.2) is 5.17 Å². The summed E-state index contributed by atoms with van der Waals surface area (Å²) in [5.41, 5.74) is 6.22. The van der Waals surface area contributed by atoms with Crippen molar-refractivity contribution in [3.8, 4) is 0 Å². The van der Waals surface area contributed by atoms with Crippen LogP contribution in [0.2, 0.25) is 5.02 Å². The molecule has 0 atom stereocenters. The van der Waals surface area contributed by atoms with E-state index in [1.54, 1.807) is 12.1 Å². The van der Waals surface area contributed by atoms with Gasteiger partial charge in [-0.1, -0.05) is 29.8 Å². The Bertz CT molecular complexity index is 482. The highest BCUT2D eigenvalue weighted by Crippen LogP contribution is 2.28. The molecule has 2 N–H and O–H groups in total. The predicted octanol–water partition coefficient (Wildman–Crippen LogP) is 2.27. The summed E-state index contributed by atoms with van der Waals surface area (Å²) in [4.78, 5) is 15.4. The summed E-state index contributed by atoms with van der Waals surface area (Å²) in [6.07, 6.45) is 1.69. The molecule has 1 aliphatic heterocycles. The molecule has 1 aliphatic rings. The first-order chi connectivity index (χ1) is 7.16. The van der Waals surface area contributed by atoms with Gasteiger partial charge >= 0.3 is 0 Å². The van der Waals surface area contributed by atoms with E-state index in [4.69, 9.17) is 17.3 Å². The summed E-state index contributed by atoms with van der Waals surface area (Å²) in [5, 5.41) is 0.877. The molecule has 15 heavy (non-hydrogen) atoms. The highest BCUT2D eigenvalue weighted by atomic mass is 35.5. The van der Waals surface area contributed by atoms with Crippen LogP contribution in [0.15, 0.2) is 34.2 Å². The Morgan fingerprint density at radius 1 is 1.40 bits per heavy atom. The second-order valence-corrected chi connectivity index (χ2v) is 4.36. The number of amidine groups is 1. The number of rotatable bonds is 1. The molecule has 0 aromatic heterocycles. The number of thioether (sulfide) groups is 1. The van der Waals surface area contributed by atoms with Crippen LogP contribution in [0.5, 0.6) is 0 Å². The maximum atomic E-state index is 11.3. The lowest BCUT2D eigenvalue weighted by Gasteiger charge is -1.97. The molecule has 0 spiro atoms. The van der Waals surface area contributed by atoms with E-state index < -0.39 is 0 Å². The zero-order valence-corrected chi connectivity index (χ0v) is 9.18. The van der Waals surface area contributed by atoms with Gasteiger partial charge in [-0.2, -0.15) is 4.99 Å². The fourth-order valence-corrected chi connectivity index (χ4v) is 2.02. The third-order valence-electron chi connectivity index (χ3n) is 1.83. The molecule has 76 valence electrons. The molecule has 1 amide bonds. The third kappa shape index (κ3) is 2.22. The Kier molecular flexibility index (Phi) is 2.79. The van der Waals surface area contributed by atoms with Crippen LogP contribution in [0.25, 0.3) is 6.08 Å². The van der Waals surface area contributed by atoms with Crippen LogP contribution >= 0.6 is 23.4 Å². The minimum Gasteiger partial charge on any atom is -0.378 e. The molecule has 5 heteroatoms. The van der Waals surface area contributed by atoms with Gasteiger partial charge in [-0.3, -0.25) is 4.79 Å². The number of nitrogens with two attached hydrogens (primary N) is 1. The number of carbonyl (C=O) groups is 1. The van der Waals surface area contributed by atoms with Crippen molar-refractivity contribution >= 4 is 40.5 Å². The van der Waals surface area contributed by atoms with Gasteiger partial charge in [0.05, 0.1) is 4.91 Å². The highest BCUT2D eigenvalue weighted by Gasteiger charge is 2.19. The number of nitrogens with zero attached hydrogens (tertiary/aromatic N) is 1. The van der Waals surface area contributed by atoms with Crippen molar-refractivity contribution in [2.75, 3.05) is 0 Å². The lowest BCUT2D eigenvalue weighted by atomic mass is 10.2. The third-order valence-corrected chi connectivity index (χ3v) is 2.99. The molecule has 0 unspecified atom stereocenters. The van der Waals surface area contributed by atoms with Crippen LogP contribution in [0.1, 0.15) is 5.56 Å². The number of hydrogen-bond donors (Lipinski definition) is 1. The van der Waals surface area contributed by atoms with E-state index in [1.807, 2.05) is 18.2 Å². The molecule has 0 saturated heterocycles. The molecule has 1 aromatic carbocycles. The molecule has 1 aromatic rings. The molecular formula is C10H7ClN2OS. The van der Waals surface area contributed by atoms with Crippen LogP contribution in [0.3, 0.4) is 0 Å².